The Labute approximate surface area is 185 Å². The van der Waals surface area contributed by atoms with E-state index in [0.29, 0.717) is 5.69 Å². The maximum atomic E-state index is 12.7. The zero-order valence-corrected chi connectivity index (χ0v) is 18.0. The molecule has 0 unspecified atom stereocenters. The molecule has 2 heterocycles. The van der Waals surface area contributed by atoms with Crippen LogP contribution in [0.15, 0.2) is 47.4 Å². The molecule has 3 rings (SSSR count). The smallest absolute Gasteiger partial charge is 0.326 e. The molecule has 14 heteroatoms. The van der Waals surface area contributed by atoms with E-state index < -0.39 is 27.8 Å². The quantitative estimate of drug-likeness (QED) is 0.525. The number of benzene rings is 1. The lowest BCUT2D eigenvalue weighted by Crippen LogP contribution is -2.17. The van der Waals surface area contributed by atoms with Crippen molar-refractivity contribution >= 4 is 39.0 Å². The largest absolute Gasteiger partial charge is 0.435 e. The lowest BCUT2D eigenvalue weighted by Gasteiger charge is -2.09. The van der Waals surface area contributed by atoms with E-state index in [2.05, 4.69) is 25.3 Å². The second kappa shape index (κ2) is 9.12. The Morgan fingerprint density at radius 2 is 1.81 bits per heavy atom. The summed E-state index contributed by atoms with van der Waals surface area (Å²) < 4.78 is 66.3. The van der Waals surface area contributed by atoms with Crippen molar-refractivity contribution in [3.63, 3.8) is 0 Å². The summed E-state index contributed by atoms with van der Waals surface area (Å²) in [5, 5.41) is 13.3. The van der Waals surface area contributed by atoms with Crippen molar-refractivity contribution in [2.75, 3.05) is 10.0 Å². The third-order valence-corrected chi connectivity index (χ3v) is 5.71. The molecule has 0 aliphatic carbocycles. The van der Waals surface area contributed by atoms with Crippen molar-refractivity contribution in [1.29, 1.82) is 0 Å². The average Bonchev–Trinajstić information content (AvgIpc) is 3.10. The number of hydrogen-bond acceptors (Lipinski definition) is 6. The summed E-state index contributed by atoms with van der Waals surface area (Å²) in [4.78, 5) is 12.0. The monoisotopic (exact) mass is 488 g/mol. The Morgan fingerprint density at radius 3 is 2.38 bits per heavy atom. The number of aryl methyl sites for hydroxylation is 2. The van der Waals surface area contributed by atoms with Crippen molar-refractivity contribution in [3.8, 4) is 0 Å². The number of carbonyl (C=O) groups excluding carboxylic acids is 1. The minimum absolute atomic E-state index is 0.0191. The van der Waals surface area contributed by atoms with Gasteiger partial charge in [0.05, 0.1) is 4.90 Å². The Bertz CT molecular complexity index is 1210. The van der Waals surface area contributed by atoms with Crippen molar-refractivity contribution in [1.82, 2.24) is 20.0 Å². The zero-order chi connectivity index (χ0) is 23.5. The second-order valence-corrected chi connectivity index (χ2v) is 8.63. The fourth-order valence-corrected chi connectivity index (χ4v) is 3.69. The van der Waals surface area contributed by atoms with Crippen LogP contribution < -0.4 is 10.0 Å². The first-order valence-corrected chi connectivity index (χ1v) is 10.8. The summed E-state index contributed by atoms with van der Waals surface area (Å²) in [6.07, 6.45) is -4.69. The van der Waals surface area contributed by atoms with E-state index in [9.17, 15) is 26.4 Å². The first-order chi connectivity index (χ1) is 14.9. The predicted molar refractivity (Wildman–Crippen MR) is 110 cm³/mol. The van der Waals surface area contributed by atoms with Crippen LogP contribution in [0.1, 0.15) is 17.8 Å². The molecule has 0 aliphatic heterocycles. The lowest BCUT2D eigenvalue weighted by molar-refractivity contribution is -0.141. The first kappa shape index (κ1) is 23.5. The standard InChI is InChI=1S/C18H16ClF3N6O3S/c1-11-10-14(18(20,21)22)26-28(11)9-8-17(29)23-12-2-4-13(5-3-12)32(30,31)27-16-7-6-15(19)24-25-16/h2-7,10H,8-9H2,1H3,(H,23,29)(H,25,27). The molecule has 0 fully saturated rings. The number of rotatable bonds is 7. The van der Waals surface area contributed by atoms with Crippen LogP contribution in [0.3, 0.4) is 0 Å². The molecule has 0 radical (unpaired) electrons. The fraction of sp³-hybridized carbons (Fsp3) is 0.222. The number of nitrogens with zero attached hydrogens (tertiary/aromatic N) is 4. The van der Waals surface area contributed by atoms with Gasteiger partial charge in [0, 0.05) is 24.3 Å². The van der Waals surface area contributed by atoms with E-state index in [-0.39, 0.29) is 34.5 Å². The summed E-state index contributed by atoms with van der Waals surface area (Å²) in [6.45, 7) is 1.41. The molecule has 0 bridgehead atoms. The van der Waals surface area contributed by atoms with Gasteiger partial charge in [0.25, 0.3) is 10.0 Å². The number of aromatic nitrogens is 4. The molecule has 1 aromatic carbocycles. The van der Waals surface area contributed by atoms with Crippen molar-refractivity contribution in [3.05, 3.63) is 59.0 Å². The van der Waals surface area contributed by atoms with E-state index in [0.717, 1.165) is 10.7 Å². The average molecular weight is 489 g/mol. The minimum atomic E-state index is -4.56. The van der Waals surface area contributed by atoms with Gasteiger partial charge >= 0.3 is 6.18 Å². The van der Waals surface area contributed by atoms with Gasteiger partial charge in [-0.15, -0.1) is 10.2 Å². The van der Waals surface area contributed by atoms with Crippen LogP contribution in [0.5, 0.6) is 0 Å². The highest BCUT2D eigenvalue weighted by atomic mass is 35.5. The number of anilines is 2. The molecule has 0 saturated heterocycles. The van der Waals surface area contributed by atoms with Gasteiger partial charge in [0.15, 0.2) is 16.7 Å². The number of hydrogen-bond donors (Lipinski definition) is 2. The van der Waals surface area contributed by atoms with Crippen LogP contribution in [-0.4, -0.2) is 34.3 Å². The molecule has 3 aromatic rings. The van der Waals surface area contributed by atoms with E-state index in [1.807, 2.05) is 0 Å². The number of sulfonamides is 1. The van der Waals surface area contributed by atoms with Crippen LogP contribution in [0.25, 0.3) is 0 Å². The Kier molecular flexibility index (Phi) is 6.69. The minimum Gasteiger partial charge on any atom is -0.326 e. The topological polar surface area (TPSA) is 119 Å². The molecule has 0 spiro atoms. The van der Waals surface area contributed by atoms with Crippen molar-refractivity contribution in [2.45, 2.75) is 31.0 Å². The summed E-state index contributed by atoms with van der Waals surface area (Å²) in [5.74, 6) is -0.493. The Hall–Kier alpha value is -3.19. The highest BCUT2D eigenvalue weighted by molar-refractivity contribution is 7.92. The number of nitrogens with one attached hydrogen (secondary N) is 2. The van der Waals surface area contributed by atoms with Crippen LogP contribution in [-0.2, 0) is 27.5 Å². The van der Waals surface area contributed by atoms with E-state index in [4.69, 9.17) is 11.6 Å². The summed E-state index contributed by atoms with van der Waals surface area (Å²) in [6, 6.07) is 8.92. The molecule has 1 amide bonds. The number of halogens is 4. The molecular weight excluding hydrogens is 473 g/mol. The number of amides is 1. The van der Waals surface area contributed by atoms with E-state index in [1.54, 1.807) is 0 Å². The van der Waals surface area contributed by atoms with Gasteiger partial charge in [0.2, 0.25) is 5.91 Å². The predicted octanol–water partition coefficient (Wildman–Crippen LogP) is 3.48. The summed E-state index contributed by atoms with van der Waals surface area (Å²) in [7, 11) is -3.94. The third-order valence-electron chi connectivity index (χ3n) is 4.14. The maximum absolute atomic E-state index is 12.7. The van der Waals surface area contributed by atoms with Gasteiger partial charge in [-0.25, -0.2) is 8.42 Å². The first-order valence-electron chi connectivity index (χ1n) is 8.98. The molecule has 2 N–H and O–H groups in total. The molecule has 0 atom stereocenters. The summed E-state index contributed by atoms with van der Waals surface area (Å²) >= 11 is 5.61. The van der Waals surface area contributed by atoms with Crippen molar-refractivity contribution < 1.29 is 26.4 Å². The lowest BCUT2D eigenvalue weighted by atomic mass is 10.3. The molecule has 2 aromatic heterocycles. The van der Waals surface area contributed by atoms with Gasteiger partial charge < -0.3 is 5.32 Å². The maximum Gasteiger partial charge on any atom is 0.435 e. The van der Waals surface area contributed by atoms with Crippen LogP contribution in [0.2, 0.25) is 5.15 Å². The van der Waals surface area contributed by atoms with Crippen LogP contribution in [0, 0.1) is 6.92 Å². The van der Waals surface area contributed by atoms with Crippen LogP contribution >= 0.6 is 11.6 Å². The molecule has 0 aliphatic rings. The molecular formula is C18H16ClF3N6O3S. The highest BCUT2D eigenvalue weighted by Crippen LogP contribution is 2.28. The SMILES string of the molecule is Cc1cc(C(F)(F)F)nn1CCC(=O)Nc1ccc(S(=O)(=O)Nc2ccc(Cl)nn2)cc1. The normalized spacial score (nSPS) is 11.9. The Balaban J connectivity index is 1.58. The van der Waals surface area contributed by atoms with Gasteiger partial charge in [-0.2, -0.15) is 18.3 Å². The van der Waals surface area contributed by atoms with Crippen LogP contribution in [0.4, 0.5) is 24.7 Å². The number of carbonyl (C=O) groups is 1. The van der Waals surface area contributed by atoms with Gasteiger partial charge in [-0.3, -0.25) is 14.2 Å². The van der Waals surface area contributed by atoms with Gasteiger partial charge in [-0.1, -0.05) is 11.6 Å². The highest BCUT2D eigenvalue weighted by Gasteiger charge is 2.34. The Morgan fingerprint density at radius 1 is 1.12 bits per heavy atom. The molecule has 9 nitrogen and oxygen atoms in total. The number of alkyl halides is 3. The van der Waals surface area contributed by atoms with E-state index >= 15 is 0 Å². The fourth-order valence-electron chi connectivity index (χ4n) is 2.59. The molecule has 0 saturated carbocycles. The molecule has 32 heavy (non-hydrogen) atoms. The van der Waals surface area contributed by atoms with Gasteiger partial charge in [0.1, 0.15) is 0 Å². The van der Waals surface area contributed by atoms with Gasteiger partial charge in [-0.05, 0) is 49.4 Å². The van der Waals surface area contributed by atoms with E-state index in [1.165, 1.54) is 43.3 Å². The van der Waals surface area contributed by atoms with Crippen molar-refractivity contribution in [2.24, 2.45) is 0 Å². The third kappa shape index (κ3) is 5.95. The zero-order valence-electron chi connectivity index (χ0n) is 16.4. The second-order valence-electron chi connectivity index (χ2n) is 6.56. The molecule has 170 valence electrons. The summed E-state index contributed by atoms with van der Waals surface area (Å²) in [5.41, 5.74) is -0.434.